The van der Waals surface area contributed by atoms with Gasteiger partial charge in [0.15, 0.2) is 0 Å². The predicted octanol–water partition coefficient (Wildman–Crippen LogP) is 2.14. The summed E-state index contributed by atoms with van der Waals surface area (Å²) in [5.74, 6) is 0. The Balaban J connectivity index is 2.35. The van der Waals surface area contributed by atoms with Gasteiger partial charge in [0, 0.05) is 7.05 Å². The molecule has 1 fully saturated rings. The molecule has 1 aliphatic carbocycles. The fraction of sp³-hybridized carbons (Fsp3) is 0.500. The molecule has 1 N–H and O–H groups in total. The van der Waals surface area contributed by atoms with Crippen molar-refractivity contribution in [1.82, 2.24) is 4.31 Å². The Morgan fingerprint density at radius 2 is 2.05 bits per heavy atom. The summed E-state index contributed by atoms with van der Waals surface area (Å²) in [7, 11) is -2.33. The van der Waals surface area contributed by atoms with Crippen molar-refractivity contribution in [2.45, 2.75) is 42.7 Å². The minimum atomic E-state index is -3.80. The quantitative estimate of drug-likeness (QED) is 0.921. The maximum Gasteiger partial charge on any atom is 0.244 e. The lowest BCUT2D eigenvalue weighted by Gasteiger charge is -2.34. The van der Waals surface area contributed by atoms with Gasteiger partial charge in [-0.2, -0.15) is 9.57 Å². The second-order valence-corrected chi connectivity index (χ2v) is 7.57. The van der Waals surface area contributed by atoms with E-state index in [1.54, 1.807) is 0 Å². The van der Waals surface area contributed by atoms with E-state index in [2.05, 4.69) is 0 Å². The lowest BCUT2D eigenvalue weighted by molar-refractivity contribution is 0.0638. The Hall–Kier alpha value is -1.13. The van der Waals surface area contributed by atoms with Crippen molar-refractivity contribution in [2.24, 2.45) is 0 Å². The number of rotatable bonds is 3. The summed E-state index contributed by atoms with van der Waals surface area (Å²) in [5, 5.41) is 18.8. The second kappa shape index (κ2) is 6.32. The number of likely N-dealkylation sites (N-methyl/N-ethyl adjacent to an activating group) is 1. The Kier molecular flexibility index (Phi) is 4.89. The molecule has 1 aliphatic rings. The number of hydrogen-bond donors (Lipinski definition) is 1. The lowest BCUT2D eigenvalue weighted by Crippen LogP contribution is -2.46. The monoisotopic (exact) mass is 328 g/mol. The number of nitrogens with zero attached hydrogens (tertiary/aromatic N) is 2. The minimum absolute atomic E-state index is 0.0196. The van der Waals surface area contributed by atoms with Crippen molar-refractivity contribution >= 4 is 21.6 Å². The highest BCUT2D eigenvalue weighted by Gasteiger charge is 2.35. The van der Waals surface area contributed by atoms with Crippen LogP contribution in [0, 0.1) is 11.3 Å². The van der Waals surface area contributed by atoms with Crippen LogP contribution in [0.25, 0.3) is 0 Å². The zero-order valence-corrected chi connectivity index (χ0v) is 13.2. The highest BCUT2D eigenvalue weighted by molar-refractivity contribution is 7.89. The van der Waals surface area contributed by atoms with E-state index in [1.807, 2.05) is 6.07 Å². The third-order valence-electron chi connectivity index (χ3n) is 3.88. The van der Waals surface area contributed by atoms with Crippen LogP contribution in [0.4, 0.5) is 0 Å². The fourth-order valence-corrected chi connectivity index (χ4v) is 4.56. The maximum absolute atomic E-state index is 12.6. The molecule has 114 valence electrons. The first kappa shape index (κ1) is 16.2. The van der Waals surface area contributed by atoms with Crippen LogP contribution in [0.1, 0.15) is 31.2 Å². The van der Waals surface area contributed by atoms with Crippen LogP contribution in [0.15, 0.2) is 23.1 Å². The molecule has 0 amide bonds. The Morgan fingerprint density at radius 1 is 1.38 bits per heavy atom. The van der Waals surface area contributed by atoms with Crippen LogP contribution >= 0.6 is 11.6 Å². The van der Waals surface area contributed by atoms with E-state index in [4.69, 9.17) is 16.9 Å². The molecule has 0 spiro atoms. The molecule has 0 aromatic heterocycles. The highest BCUT2D eigenvalue weighted by atomic mass is 35.5. The van der Waals surface area contributed by atoms with Gasteiger partial charge in [-0.1, -0.05) is 24.4 Å². The fourth-order valence-electron chi connectivity index (χ4n) is 2.63. The van der Waals surface area contributed by atoms with Crippen molar-refractivity contribution in [2.75, 3.05) is 7.05 Å². The van der Waals surface area contributed by atoms with Crippen molar-refractivity contribution in [3.8, 4) is 6.07 Å². The first-order valence-corrected chi connectivity index (χ1v) is 8.55. The first-order valence-electron chi connectivity index (χ1n) is 6.73. The molecule has 7 heteroatoms. The van der Waals surface area contributed by atoms with Gasteiger partial charge in [-0.15, -0.1) is 0 Å². The predicted molar refractivity (Wildman–Crippen MR) is 79.4 cm³/mol. The summed E-state index contributed by atoms with van der Waals surface area (Å²) in [6, 6.07) is 5.57. The molecule has 1 aromatic rings. The van der Waals surface area contributed by atoms with Crippen LogP contribution < -0.4 is 0 Å². The molecule has 0 radical (unpaired) electrons. The zero-order valence-electron chi connectivity index (χ0n) is 11.7. The molecular formula is C14H17ClN2O3S. The van der Waals surface area contributed by atoms with Gasteiger partial charge in [0.1, 0.15) is 4.90 Å². The smallest absolute Gasteiger partial charge is 0.244 e. The van der Waals surface area contributed by atoms with Crippen LogP contribution in [-0.4, -0.2) is 37.0 Å². The van der Waals surface area contributed by atoms with Crippen molar-refractivity contribution in [3.05, 3.63) is 28.8 Å². The summed E-state index contributed by atoms with van der Waals surface area (Å²) in [6.45, 7) is 0. The van der Waals surface area contributed by atoms with E-state index in [-0.39, 0.29) is 9.92 Å². The Labute approximate surface area is 129 Å². The van der Waals surface area contributed by atoms with E-state index in [1.165, 1.54) is 29.6 Å². The first-order chi connectivity index (χ1) is 9.87. The van der Waals surface area contributed by atoms with E-state index >= 15 is 0 Å². The minimum Gasteiger partial charge on any atom is -0.391 e. The van der Waals surface area contributed by atoms with Gasteiger partial charge in [-0.25, -0.2) is 8.42 Å². The van der Waals surface area contributed by atoms with Gasteiger partial charge in [0.05, 0.1) is 28.8 Å². The number of benzene rings is 1. The summed E-state index contributed by atoms with van der Waals surface area (Å²) in [6.07, 6.45) is 2.37. The standard InChI is InChI=1S/C14H17ClN2O3S/c1-17(12-4-2-3-5-13(12)18)21(19,20)14-7-6-10(9-16)8-11(14)15/h6-8,12-13,18H,2-5H2,1H3. The molecule has 0 heterocycles. The zero-order chi connectivity index (χ0) is 15.6. The van der Waals surface area contributed by atoms with Gasteiger partial charge in [-0.3, -0.25) is 0 Å². The summed E-state index contributed by atoms with van der Waals surface area (Å²) >= 11 is 5.99. The van der Waals surface area contributed by atoms with Gasteiger partial charge >= 0.3 is 0 Å². The van der Waals surface area contributed by atoms with Crippen LogP contribution in [0.3, 0.4) is 0 Å². The number of aliphatic hydroxyl groups excluding tert-OH is 1. The molecule has 0 bridgehead atoms. The number of nitriles is 1. The second-order valence-electron chi connectivity index (χ2n) is 5.20. The van der Waals surface area contributed by atoms with Crippen molar-refractivity contribution in [1.29, 1.82) is 5.26 Å². The number of halogens is 1. The van der Waals surface area contributed by atoms with Crippen molar-refractivity contribution in [3.63, 3.8) is 0 Å². The van der Waals surface area contributed by atoms with Gasteiger partial charge < -0.3 is 5.11 Å². The third kappa shape index (κ3) is 3.22. The summed E-state index contributed by atoms with van der Waals surface area (Å²) in [5.41, 5.74) is 0.305. The SMILES string of the molecule is CN(C1CCCCC1O)S(=O)(=O)c1ccc(C#N)cc1Cl. The Morgan fingerprint density at radius 3 is 2.62 bits per heavy atom. The molecule has 2 rings (SSSR count). The van der Waals surface area contributed by atoms with E-state index in [0.717, 1.165) is 12.8 Å². The molecule has 1 saturated carbocycles. The molecule has 21 heavy (non-hydrogen) atoms. The van der Waals surface area contributed by atoms with E-state index < -0.39 is 22.2 Å². The van der Waals surface area contributed by atoms with Gasteiger partial charge in [0.25, 0.3) is 0 Å². The molecule has 0 saturated heterocycles. The molecule has 5 nitrogen and oxygen atoms in total. The van der Waals surface area contributed by atoms with Crippen LogP contribution in [0.5, 0.6) is 0 Å². The average molecular weight is 329 g/mol. The van der Waals surface area contributed by atoms with Crippen LogP contribution in [0.2, 0.25) is 5.02 Å². The topological polar surface area (TPSA) is 81.4 Å². The molecule has 2 unspecified atom stereocenters. The van der Waals surface area contributed by atoms with Gasteiger partial charge in [0.2, 0.25) is 10.0 Å². The number of hydrogen-bond acceptors (Lipinski definition) is 4. The van der Waals surface area contributed by atoms with E-state index in [0.29, 0.717) is 18.4 Å². The Bertz CT molecular complexity index is 669. The number of sulfonamides is 1. The summed E-state index contributed by atoms with van der Waals surface area (Å²) in [4.78, 5) is -0.0385. The highest BCUT2D eigenvalue weighted by Crippen LogP contribution is 2.30. The largest absolute Gasteiger partial charge is 0.391 e. The maximum atomic E-state index is 12.6. The lowest BCUT2D eigenvalue weighted by atomic mass is 9.93. The average Bonchev–Trinajstić information content (AvgIpc) is 2.46. The van der Waals surface area contributed by atoms with E-state index in [9.17, 15) is 13.5 Å². The normalized spacial score (nSPS) is 23.0. The molecule has 1 aromatic carbocycles. The molecular weight excluding hydrogens is 312 g/mol. The van der Waals surface area contributed by atoms with Crippen molar-refractivity contribution < 1.29 is 13.5 Å². The van der Waals surface area contributed by atoms with Gasteiger partial charge in [-0.05, 0) is 31.0 Å². The number of aliphatic hydroxyl groups is 1. The molecule has 0 aliphatic heterocycles. The third-order valence-corrected chi connectivity index (χ3v) is 6.24. The molecule has 2 atom stereocenters. The summed E-state index contributed by atoms with van der Waals surface area (Å²) < 4.78 is 26.5. The van der Waals surface area contributed by atoms with Crippen LogP contribution in [-0.2, 0) is 10.0 Å².